The Morgan fingerprint density at radius 1 is 1.35 bits per heavy atom. The number of carbonyl (C=O) groups excluding carboxylic acids is 2. The van der Waals surface area contributed by atoms with Gasteiger partial charge in [-0.2, -0.15) is 0 Å². The highest BCUT2D eigenvalue weighted by molar-refractivity contribution is 6.00. The number of amides is 3. The summed E-state index contributed by atoms with van der Waals surface area (Å²) in [5, 5.41) is 15.1. The topological polar surface area (TPSA) is 94.6 Å². The second-order valence-corrected chi connectivity index (χ2v) is 6.16. The van der Waals surface area contributed by atoms with Crippen LogP contribution in [0.15, 0.2) is 42.6 Å². The zero-order valence-corrected chi connectivity index (χ0v) is 14.6. The fraction of sp³-hybridized carbons (Fsp3) is 0.316. The number of para-hydroxylation sites is 1. The van der Waals surface area contributed by atoms with Crippen molar-refractivity contribution in [2.45, 2.75) is 39.0 Å². The number of aliphatic hydroxyl groups excluding tert-OH is 1. The Balaban J connectivity index is 1.91. The SMILES string of the molecule is CCC[C@H]1C(=O)Nc2ccccc2CN1C(=O)Nc1cccnc1CO. The summed E-state index contributed by atoms with van der Waals surface area (Å²) in [6.07, 6.45) is 2.89. The van der Waals surface area contributed by atoms with Crippen LogP contribution in [0.25, 0.3) is 0 Å². The lowest BCUT2D eigenvalue weighted by molar-refractivity contribution is -0.120. The van der Waals surface area contributed by atoms with Crippen molar-refractivity contribution in [2.75, 3.05) is 10.6 Å². The maximum absolute atomic E-state index is 13.0. The zero-order chi connectivity index (χ0) is 18.5. The normalized spacial score (nSPS) is 16.5. The third-order valence-electron chi connectivity index (χ3n) is 4.40. The molecule has 1 aliphatic rings. The molecule has 3 rings (SSSR count). The molecular weight excluding hydrogens is 332 g/mol. The Labute approximate surface area is 152 Å². The summed E-state index contributed by atoms with van der Waals surface area (Å²) in [4.78, 5) is 31.2. The fourth-order valence-corrected chi connectivity index (χ4v) is 3.07. The van der Waals surface area contributed by atoms with Gasteiger partial charge in [-0.25, -0.2) is 4.79 Å². The number of hydrogen-bond acceptors (Lipinski definition) is 4. The van der Waals surface area contributed by atoms with Crippen LogP contribution in [-0.4, -0.2) is 33.0 Å². The van der Waals surface area contributed by atoms with Crippen molar-refractivity contribution in [2.24, 2.45) is 0 Å². The zero-order valence-electron chi connectivity index (χ0n) is 14.6. The van der Waals surface area contributed by atoms with Gasteiger partial charge in [-0.15, -0.1) is 0 Å². The van der Waals surface area contributed by atoms with E-state index in [1.165, 1.54) is 0 Å². The predicted molar refractivity (Wildman–Crippen MR) is 98.5 cm³/mol. The lowest BCUT2D eigenvalue weighted by atomic mass is 10.1. The van der Waals surface area contributed by atoms with E-state index >= 15 is 0 Å². The average Bonchev–Trinajstić information content (AvgIpc) is 2.79. The lowest BCUT2D eigenvalue weighted by Gasteiger charge is -2.28. The first-order valence-corrected chi connectivity index (χ1v) is 8.65. The number of hydrogen-bond donors (Lipinski definition) is 3. The van der Waals surface area contributed by atoms with E-state index in [-0.39, 0.29) is 12.5 Å². The highest BCUT2D eigenvalue weighted by Gasteiger charge is 2.33. The van der Waals surface area contributed by atoms with Gasteiger partial charge in [0, 0.05) is 11.9 Å². The molecule has 0 unspecified atom stereocenters. The Hall–Kier alpha value is -2.93. The van der Waals surface area contributed by atoms with Gasteiger partial charge >= 0.3 is 6.03 Å². The maximum atomic E-state index is 13.0. The van der Waals surface area contributed by atoms with Crippen molar-refractivity contribution in [3.05, 3.63) is 53.9 Å². The number of rotatable bonds is 4. The summed E-state index contributed by atoms with van der Waals surface area (Å²) in [6, 6.07) is 9.87. The minimum absolute atomic E-state index is 0.194. The molecule has 0 saturated carbocycles. The Morgan fingerprint density at radius 3 is 2.92 bits per heavy atom. The molecular formula is C19H22N4O3. The van der Waals surface area contributed by atoms with Crippen LogP contribution in [0.2, 0.25) is 0 Å². The van der Waals surface area contributed by atoms with Crippen LogP contribution in [0.4, 0.5) is 16.2 Å². The highest BCUT2D eigenvalue weighted by atomic mass is 16.3. The lowest BCUT2D eigenvalue weighted by Crippen LogP contribution is -2.47. The summed E-state index contributed by atoms with van der Waals surface area (Å²) in [5.74, 6) is -0.194. The summed E-state index contributed by atoms with van der Waals surface area (Å²) >= 11 is 0. The van der Waals surface area contributed by atoms with Crippen LogP contribution in [0.1, 0.15) is 31.0 Å². The molecule has 0 spiro atoms. The number of carbonyl (C=O) groups is 2. The molecule has 0 saturated heterocycles. The highest BCUT2D eigenvalue weighted by Crippen LogP contribution is 2.25. The van der Waals surface area contributed by atoms with Crippen LogP contribution >= 0.6 is 0 Å². The smallest absolute Gasteiger partial charge is 0.322 e. The van der Waals surface area contributed by atoms with Gasteiger partial charge in [0.2, 0.25) is 5.91 Å². The fourth-order valence-electron chi connectivity index (χ4n) is 3.07. The van der Waals surface area contributed by atoms with E-state index in [2.05, 4.69) is 15.6 Å². The first-order chi connectivity index (χ1) is 12.6. The monoisotopic (exact) mass is 354 g/mol. The summed E-state index contributed by atoms with van der Waals surface area (Å²) in [6.45, 7) is 2.02. The Kier molecular flexibility index (Phi) is 5.48. The molecule has 3 amide bonds. The molecule has 2 heterocycles. The molecule has 1 aromatic carbocycles. The molecule has 2 aromatic rings. The van der Waals surface area contributed by atoms with E-state index in [1.807, 2.05) is 31.2 Å². The molecule has 26 heavy (non-hydrogen) atoms. The molecule has 7 heteroatoms. The van der Waals surface area contributed by atoms with E-state index in [0.29, 0.717) is 24.3 Å². The van der Waals surface area contributed by atoms with Crippen LogP contribution in [0, 0.1) is 0 Å². The van der Waals surface area contributed by atoms with Gasteiger partial charge in [-0.3, -0.25) is 9.78 Å². The maximum Gasteiger partial charge on any atom is 0.322 e. The van der Waals surface area contributed by atoms with Gasteiger partial charge < -0.3 is 20.6 Å². The van der Waals surface area contributed by atoms with Crippen molar-refractivity contribution in [1.82, 2.24) is 9.88 Å². The van der Waals surface area contributed by atoms with E-state index < -0.39 is 12.1 Å². The number of anilines is 2. The largest absolute Gasteiger partial charge is 0.390 e. The molecule has 7 nitrogen and oxygen atoms in total. The first-order valence-electron chi connectivity index (χ1n) is 8.65. The number of pyridine rings is 1. The summed E-state index contributed by atoms with van der Waals surface area (Å²) < 4.78 is 0. The van der Waals surface area contributed by atoms with Crippen molar-refractivity contribution in [3.63, 3.8) is 0 Å². The van der Waals surface area contributed by atoms with E-state index in [0.717, 1.165) is 17.7 Å². The number of urea groups is 1. The quantitative estimate of drug-likeness (QED) is 0.787. The van der Waals surface area contributed by atoms with E-state index in [9.17, 15) is 14.7 Å². The van der Waals surface area contributed by atoms with Gasteiger partial charge in [0.25, 0.3) is 0 Å². The minimum Gasteiger partial charge on any atom is -0.390 e. The predicted octanol–water partition coefficient (Wildman–Crippen LogP) is 2.73. The first kappa shape index (κ1) is 17.9. The van der Waals surface area contributed by atoms with Gasteiger partial charge in [-0.1, -0.05) is 31.5 Å². The molecule has 0 bridgehead atoms. The van der Waals surface area contributed by atoms with E-state index in [1.54, 1.807) is 23.2 Å². The van der Waals surface area contributed by atoms with Gasteiger partial charge in [0.1, 0.15) is 6.04 Å². The number of benzene rings is 1. The average molecular weight is 354 g/mol. The molecule has 0 radical (unpaired) electrons. The molecule has 1 aliphatic heterocycles. The molecule has 3 N–H and O–H groups in total. The minimum atomic E-state index is -0.568. The second kappa shape index (κ2) is 7.97. The van der Waals surface area contributed by atoms with Crippen LogP contribution < -0.4 is 10.6 Å². The van der Waals surface area contributed by atoms with Crippen molar-refractivity contribution >= 4 is 23.3 Å². The Bertz CT molecular complexity index is 809. The number of fused-ring (bicyclic) bond motifs is 1. The van der Waals surface area contributed by atoms with Crippen LogP contribution in [0.3, 0.4) is 0 Å². The third-order valence-corrected chi connectivity index (χ3v) is 4.40. The second-order valence-electron chi connectivity index (χ2n) is 6.16. The van der Waals surface area contributed by atoms with Crippen molar-refractivity contribution in [3.8, 4) is 0 Å². The number of nitrogens with one attached hydrogen (secondary N) is 2. The van der Waals surface area contributed by atoms with Gasteiger partial charge in [0.05, 0.1) is 24.5 Å². The molecule has 0 aliphatic carbocycles. The van der Waals surface area contributed by atoms with Crippen molar-refractivity contribution in [1.29, 1.82) is 0 Å². The number of aromatic nitrogens is 1. The molecule has 1 atom stereocenters. The van der Waals surface area contributed by atoms with Crippen LogP contribution in [0.5, 0.6) is 0 Å². The molecule has 136 valence electrons. The Morgan fingerprint density at radius 2 is 2.15 bits per heavy atom. The standard InChI is InChI=1S/C19H22N4O3/c1-2-6-17-18(25)21-14-8-4-3-7-13(14)11-23(17)19(26)22-15-9-5-10-20-16(15)12-24/h3-5,7-10,17,24H,2,6,11-12H2,1H3,(H,21,25)(H,22,26)/t17-/m0/s1. The molecule has 1 aromatic heterocycles. The number of nitrogens with zero attached hydrogens (tertiary/aromatic N) is 2. The van der Waals surface area contributed by atoms with Crippen LogP contribution in [-0.2, 0) is 17.9 Å². The molecule has 0 fully saturated rings. The van der Waals surface area contributed by atoms with Crippen molar-refractivity contribution < 1.29 is 14.7 Å². The summed E-state index contributed by atoms with van der Waals surface area (Å²) in [7, 11) is 0. The number of aliphatic hydroxyl groups is 1. The third kappa shape index (κ3) is 3.67. The van der Waals surface area contributed by atoms with Gasteiger partial charge in [-0.05, 0) is 30.2 Å². The van der Waals surface area contributed by atoms with Gasteiger partial charge in [0.15, 0.2) is 0 Å². The summed E-state index contributed by atoms with van der Waals surface area (Å²) in [5.41, 5.74) is 2.43. The van der Waals surface area contributed by atoms with E-state index in [4.69, 9.17) is 0 Å².